The lowest BCUT2D eigenvalue weighted by Crippen LogP contribution is -2.58. The van der Waals surface area contributed by atoms with Crippen LogP contribution in [-0.2, 0) is 11.2 Å². The van der Waals surface area contributed by atoms with Crippen molar-refractivity contribution in [1.82, 2.24) is 0 Å². The number of ketones is 2. The highest BCUT2D eigenvalue weighted by Gasteiger charge is 2.65. The second kappa shape index (κ2) is 4.77. The fourth-order valence-electron chi connectivity index (χ4n) is 3.07. The van der Waals surface area contributed by atoms with E-state index in [2.05, 4.69) is 0 Å². The number of aliphatic hydroxyl groups is 1. The van der Waals surface area contributed by atoms with Crippen LogP contribution >= 0.6 is 0 Å². The normalized spacial score (nSPS) is 23.8. The first-order valence-electron chi connectivity index (χ1n) is 6.92. The van der Waals surface area contributed by atoms with Gasteiger partial charge in [0.05, 0.1) is 0 Å². The molecule has 2 unspecified atom stereocenters. The van der Waals surface area contributed by atoms with Gasteiger partial charge < -0.3 is 10.2 Å². The molecule has 1 aromatic carbocycles. The molecule has 2 N–H and O–H groups in total. The SMILES string of the molecule is CCc1cccc2c1C(=O)C(C)(C(O)(CC)C(=O)O)C2=O. The molecule has 0 spiro atoms. The number of aliphatic carboxylic acids is 1. The van der Waals surface area contributed by atoms with E-state index in [0.29, 0.717) is 12.0 Å². The molecule has 0 radical (unpaired) electrons. The fraction of sp³-hybridized carbons (Fsp3) is 0.438. The summed E-state index contributed by atoms with van der Waals surface area (Å²) in [6.45, 7) is 4.53. The molecule has 2 rings (SSSR count). The Balaban J connectivity index is 2.74. The average Bonchev–Trinajstić information content (AvgIpc) is 2.69. The zero-order chi connectivity index (χ0) is 16.0. The lowest BCUT2D eigenvalue weighted by Gasteiger charge is -2.35. The molecule has 112 valence electrons. The third-order valence-electron chi connectivity index (χ3n) is 4.60. The molecule has 0 saturated heterocycles. The van der Waals surface area contributed by atoms with E-state index in [0.717, 1.165) is 0 Å². The van der Waals surface area contributed by atoms with Gasteiger partial charge in [-0.25, -0.2) is 4.79 Å². The summed E-state index contributed by atoms with van der Waals surface area (Å²) in [5.74, 6) is -2.78. The third-order valence-corrected chi connectivity index (χ3v) is 4.60. The molecule has 1 aromatic rings. The van der Waals surface area contributed by atoms with Gasteiger partial charge in [-0.3, -0.25) is 9.59 Å². The van der Waals surface area contributed by atoms with Gasteiger partial charge in [0.1, 0.15) is 5.41 Å². The number of carboxylic acid groups (broad SMARTS) is 1. The molecular formula is C16H18O5. The van der Waals surface area contributed by atoms with E-state index in [-0.39, 0.29) is 17.5 Å². The predicted octanol–water partition coefficient (Wildman–Crippen LogP) is 1.86. The molecule has 1 aliphatic rings. The minimum absolute atomic E-state index is 0.204. The van der Waals surface area contributed by atoms with E-state index < -0.39 is 28.6 Å². The Kier molecular flexibility index (Phi) is 3.49. The van der Waals surface area contributed by atoms with Crippen LogP contribution in [0.5, 0.6) is 0 Å². The van der Waals surface area contributed by atoms with Gasteiger partial charge in [0.2, 0.25) is 0 Å². The van der Waals surface area contributed by atoms with Gasteiger partial charge in [-0.05, 0) is 25.3 Å². The van der Waals surface area contributed by atoms with Crippen LogP contribution in [0.4, 0.5) is 0 Å². The number of Topliss-reactive ketones (excluding diaryl/α,β-unsaturated/α-hetero) is 2. The lowest BCUT2D eigenvalue weighted by molar-refractivity contribution is -0.167. The monoisotopic (exact) mass is 290 g/mol. The smallest absolute Gasteiger partial charge is 0.337 e. The maximum Gasteiger partial charge on any atom is 0.337 e. The van der Waals surface area contributed by atoms with Crippen molar-refractivity contribution in [2.75, 3.05) is 0 Å². The summed E-state index contributed by atoms with van der Waals surface area (Å²) in [6, 6.07) is 4.92. The van der Waals surface area contributed by atoms with E-state index in [1.54, 1.807) is 12.1 Å². The topological polar surface area (TPSA) is 91.7 Å². The minimum Gasteiger partial charge on any atom is -0.479 e. The maximum absolute atomic E-state index is 12.8. The van der Waals surface area contributed by atoms with E-state index in [1.807, 2.05) is 6.92 Å². The van der Waals surface area contributed by atoms with Gasteiger partial charge in [-0.2, -0.15) is 0 Å². The van der Waals surface area contributed by atoms with Crippen LogP contribution in [-0.4, -0.2) is 33.3 Å². The number of benzene rings is 1. The molecule has 0 aliphatic heterocycles. The van der Waals surface area contributed by atoms with E-state index in [4.69, 9.17) is 0 Å². The number of hydrogen-bond donors (Lipinski definition) is 2. The molecule has 5 heteroatoms. The number of rotatable bonds is 4. The van der Waals surface area contributed by atoms with Crippen molar-refractivity contribution in [2.24, 2.45) is 5.41 Å². The Morgan fingerprint density at radius 1 is 1.24 bits per heavy atom. The van der Waals surface area contributed by atoms with Crippen molar-refractivity contribution in [3.63, 3.8) is 0 Å². The van der Waals surface area contributed by atoms with Crippen LogP contribution in [0.2, 0.25) is 0 Å². The maximum atomic E-state index is 12.8. The second-order valence-electron chi connectivity index (χ2n) is 5.50. The number of carboxylic acids is 1. The van der Waals surface area contributed by atoms with Gasteiger partial charge in [0, 0.05) is 11.1 Å². The van der Waals surface area contributed by atoms with Gasteiger partial charge in [0.15, 0.2) is 17.2 Å². The fourth-order valence-corrected chi connectivity index (χ4v) is 3.07. The Hall–Kier alpha value is -2.01. The summed E-state index contributed by atoms with van der Waals surface area (Å²) >= 11 is 0. The standard InChI is InChI=1S/C16H18O5/c1-4-9-7-6-8-10-11(9)13(18)15(3,12(10)17)16(21,5-2)14(19)20/h6-8,21H,4-5H2,1-3H3,(H,19,20). The second-order valence-corrected chi connectivity index (χ2v) is 5.50. The van der Waals surface area contributed by atoms with E-state index in [9.17, 15) is 24.6 Å². The van der Waals surface area contributed by atoms with Crippen LogP contribution in [0.1, 0.15) is 53.5 Å². The first-order chi connectivity index (χ1) is 9.75. The Morgan fingerprint density at radius 3 is 2.33 bits per heavy atom. The highest BCUT2D eigenvalue weighted by Crippen LogP contribution is 2.47. The number of fused-ring (bicyclic) bond motifs is 1. The van der Waals surface area contributed by atoms with Crippen LogP contribution in [0.3, 0.4) is 0 Å². The Labute approximate surface area is 122 Å². The van der Waals surface area contributed by atoms with E-state index >= 15 is 0 Å². The van der Waals surface area contributed by atoms with Crippen molar-refractivity contribution < 1.29 is 24.6 Å². The molecule has 0 heterocycles. The largest absolute Gasteiger partial charge is 0.479 e. The highest BCUT2D eigenvalue weighted by molar-refractivity contribution is 6.32. The van der Waals surface area contributed by atoms with Crippen molar-refractivity contribution in [3.05, 3.63) is 34.9 Å². The van der Waals surface area contributed by atoms with Gasteiger partial charge in [-0.15, -0.1) is 0 Å². The minimum atomic E-state index is -2.41. The highest BCUT2D eigenvalue weighted by atomic mass is 16.4. The van der Waals surface area contributed by atoms with E-state index in [1.165, 1.54) is 19.9 Å². The van der Waals surface area contributed by atoms with Crippen molar-refractivity contribution in [3.8, 4) is 0 Å². The average molecular weight is 290 g/mol. The van der Waals surface area contributed by atoms with Crippen LogP contribution < -0.4 is 0 Å². The van der Waals surface area contributed by atoms with Crippen LogP contribution in [0.15, 0.2) is 18.2 Å². The summed E-state index contributed by atoms with van der Waals surface area (Å²) < 4.78 is 0. The van der Waals surface area contributed by atoms with Crippen LogP contribution in [0, 0.1) is 5.41 Å². The molecule has 0 aromatic heterocycles. The lowest BCUT2D eigenvalue weighted by atomic mass is 9.68. The number of carbonyl (C=O) groups excluding carboxylic acids is 2. The summed E-state index contributed by atoms with van der Waals surface area (Å²) in [6.07, 6.45) is 0.321. The third kappa shape index (κ3) is 1.70. The first-order valence-corrected chi connectivity index (χ1v) is 6.92. The molecule has 21 heavy (non-hydrogen) atoms. The van der Waals surface area contributed by atoms with Gasteiger partial charge >= 0.3 is 5.97 Å². The predicted molar refractivity (Wildman–Crippen MR) is 75.5 cm³/mol. The van der Waals surface area contributed by atoms with Crippen molar-refractivity contribution in [2.45, 2.75) is 39.2 Å². The zero-order valence-corrected chi connectivity index (χ0v) is 12.3. The molecule has 2 atom stereocenters. The van der Waals surface area contributed by atoms with Gasteiger partial charge in [-0.1, -0.05) is 32.0 Å². The summed E-state index contributed by atoms with van der Waals surface area (Å²) in [5, 5.41) is 19.8. The molecule has 1 aliphatic carbocycles. The quantitative estimate of drug-likeness (QED) is 0.826. The number of carbonyl (C=O) groups is 3. The van der Waals surface area contributed by atoms with Crippen LogP contribution in [0.25, 0.3) is 0 Å². The van der Waals surface area contributed by atoms with Crippen molar-refractivity contribution >= 4 is 17.5 Å². The van der Waals surface area contributed by atoms with Crippen molar-refractivity contribution in [1.29, 1.82) is 0 Å². The molecule has 0 saturated carbocycles. The summed E-state index contributed by atoms with van der Waals surface area (Å²) in [7, 11) is 0. The molecular weight excluding hydrogens is 272 g/mol. The zero-order valence-electron chi connectivity index (χ0n) is 12.3. The first kappa shape index (κ1) is 15.4. The number of aryl methyl sites for hydroxylation is 1. The Morgan fingerprint density at radius 2 is 1.86 bits per heavy atom. The number of hydrogen-bond acceptors (Lipinski definition) is 4. The van der Waals surface area contributed by atoms with Gasteiger partial charge in [0.25, 0.3) is 0 Å². The summed E-state index contributed by atoms with van der Waals surface area (Å²) in [5.41, 5.74) is -3.25. The molecule has 5 nitrogen and oxygen atoms in total. The molecule has 0 fully saturated rings. The molecule has 0 amide bonds. The summed E-state index contributed by atoms with van der Waals surface area (Å²) in [4.78, 5) is 36.9. The molecule has 0 bridgehead atoms. The Bertz CT molecular complexity index is 648.